The Labute approximate surface area is 303 Å². The van der Waals surface area contributed by atoms with Crippen LogP contribution in [-0.4, -0.2) is 11.9 Å². The summed E-state index contributed by atoms with van der Waals surface area (Å²) in [6.45, 7) is 0. The van der Waals surface area contributed by atoms with Crippen molar-refractivity contribution in [2.75, 3.05) is 7.05 Å². The largest absolute Gasteiger partial charge is 0.456 e. The molecule has 2 N–H and O–H groups in total. The maximum absolute atomic E-state index is 6.49. The van der Waals surface area contributed by atoms with Gasteiger partial charge in [-0.25, -0.2) is 0 Å². The molecule has 1 aliphatic heterocycles. The van der Waals surface area contributed by atoms with Crippen LogP contribution in [0.3, 0.4) is 0 Å². The van der Waals surface area contributed by atoms with Crippen LogP contribution in [0.4, 0.5) is 0 Å². The summed E-state index contributed by atoms with van der Waals surface area (Å²) in [4.78, 5) is 2.37. The molecule has 0 aliphatic carbocycles. The second-order valence-electron chi connectivity index (χ2n) is 13.8. The Hall–Kier alpha value is -5.76. The zero-order valence-corrected chi connectivity index (χ0v) is 29.2. The molecule has 1 aliphatic rings. The number of furan rings is 2. The molecule has 5 nitrogen and oxygen atoms in total. The van der Waals surface area contributed by atoms with Crippen LogP contribution < -0.4 is 10.6 Å². The molecular weight excluding hydrogens is 659 g/mol. The summed E-state index contributed by atoms with van der Waals surface area (Å²) in [6, 6.07) is 54.0. The molecule has 10 aromatic rings. The van der Waals surface area contributed by atoms with Gasteiger partial charge >= 0.3 is 0 Å². The lowest BCUT2D eigenvalue weighted by Crippen LogP contribution is -2.54. The van der Waals surface area contributed by atoms with Gasteiger partial charge in [-0.2, -0.15) is 0 Å². The number of para-hydroxylation sites is 3. The third-order valence-corrected chi connectivity index (χ3v) is 12.0. The van der Waals surface area contributed by atoms with Crippen molar-refractivity contribution in [3.63, 3.8) is 0 Å². The highest BCUT2D eigenvalue weighted by molar-refractivity contribution is 7.26. The monoisotopic (exact) mass is 691 g/mol. The normalized spacial score (nSPS) is 18.4. The highest BCUT2D eigenvalue weighted by Crippen LogP contribution is 2.45. The molecule has 11 rings (SSSR count). The van der Waals surface area contributed by atoms with Crippen molar-refractivity contribution in [1.29, 1.82) is 0 Å². The van der Waals surface area contributed by atoms with E-state index in [-0.39, 0.29) is 18.5 Å². The van der Waals surface area contributed by atoms with Crippen LogP contribution in [0, 0.1) is 0 Å². The number of fused-ring (bicyclic) bond motifs is 9. The Morgan fingerprint density at radius 3 is 1.96 bits per heavy atom. The van der Waals surface area contributed by atoms with E-state index >= 15 is 0 Å². The van der Waals surface area contributed by atoms with Gasteiger partial charge in [0, 0.05) is 47.3 Å². The van der Waals surface area contributed by atoms with Crippen LogP contribution in [0.5, 0.6) is 0 Å². The van der Waals surface area contributed by atoms with E-state index in [0.29, 0.717) is 0 Å². The Kier molecular flexibility index (Phi) is 6.69. The zero-order valence-electron chi connectivity index (χ0n) is 28.3. The lowest BCUT2D eigenvalue weighted by Gasteiger charge is -2.45. The van der Waals surface area contributed by atoms with Gasteiger partial charge in [0.05, 0.1) is 18.5 Å². The summed E-state index contributed by atoms with van der Waals surface area (Å²) in [6.07, 6.45) is -0.183. The van der Waals surface area contributed by atoms with Crippen LogP contribution in [-0.2, 0) is 0 Å². The van der Waals surface area contributed by atoms with Crippen LogP contribution in [0.1, 0.15) is 35.2 Å². The number of benzene rings is 7. The predicted octanol–water partition coefficient (Wildman–Crippen LogP) is 12.0. The number of nitrogens with zero attached hydrogens (tertiary/aromatic N) is 1. The molecule has 250 valence electrons. The molecule has 52 heavy (non-hydrogen) atoms. The first-order valence-electron chi connectivity index (χ1n) is 17.7. The molecular formula is C46H33N3O2S. The third kappa shape index (κ3) is 4.59. The zero-order chi connectivity index (χ0) is 34.3. The minimum atomic E-state index is -0.101. The number of nitrogens with one attached hydrogen (secondary N) is 2. The standard InChI is InChI=1S/C46H33N3O2S/c1-49-45(27-11-3-2-4-12-27)47-44(48-46(49)29-22-23-32-30-13-5-7-18-37(30)50-39(32)25-29)28-21-24-36-41(26-28)52-40-20-10-15-33(42(36)40)35-17-9-16-34-31-14-6-8-19-38(31)51-43(34)35/h2-26,44-48H,1H3. The van der Waals surface area contributed by atoms with Crippen molar-refractivity contribution in [3.05, 3.63) is 168 Å². The average molecular weight is 692 g/mol. The number of rotatable bonds is 4. The van der Waals surface area contributed by atoms with Crippen molar-refractivity contribution in [2.45, 2.75) is 18.5 Å². The van der Waals surface area contributed by atoms with Crippen molar-refractivity contribution in [2.24, 2.45) is 0 Å². The molecule has 0 spiro atoms. The fraction of sp³-hybridized carbons (Fsp3) is 0.0870. The van der Waals surface area contributed by atoms with E-state index in [1.54, 1.807) is 0 Å². The lowest BCUT2D eigenvalue weighted by atomic mass is 9.97. The summed E-state index contributed by atoms with van der Waals surface area (Å²) in [7, 11) is 2.18. The van der Waals surface area contributed by atoms with Gasteiger partial charge in [0.25, 0.3) is 0 Å². The van der Waals surface area contributed by atoms with Gasteiger partial charge in [0.2, 0.25) is 0 Å². The van der Waals surface area contributed by atoms with Crippen molar-refractivity contribution < 1.29 is 8.83 Å². The Morgan fingerprint density at radius 1 is 0.481 bits per heavy atom. The van der Waals surface area contributed by atoms with E-state index in [0.717, 1.165) is 55.0 Å². The second-order valence-corrected chi connectivity index (χ2v) is 14.9. The predicted molar refractivity (Wildman–Crippen MR) is 214 cm³/mol. The molecule has 0 bridgehead atoms. The molecule has 6 heteroatoms. The van der Waals surface area contributed by atoms with Crippen LogP contribution >= 0.6 is 11.3 Å². The molecule has 0 radical (unpaired) electrons. The molecule has 1 saturated heterocycles. The van der Waals surface area contributed by atoms with E-state index in [4.69, 9.17) is 8.83 Å². The minimum Gasteiger partial charge on any atom is -0.456 e. The maximum atomic E-state index is 6.49. The highest BCUT2D eigenvalue weighted by Gasteiger charge is 2.35. The fourth-order valence-electron chi connectivity index (χ4n) is 8.36. The van der Waals surface area contributed by atoms with Gasteiger partial charge < -0.3 is 8.83 Å². The van der Waals surface area contributed by atoms with Gasteiger partial charge in [-0.05, 0) is 59.6 Å². The van der Waals surface area contributed by atoms with Crippen LogP contribution in [0.2, 0.25) is 0 Å². The molecule has 0 amide bonds. The Morgan fingerprint density at radius 2 is 1.12 bits per heavy atom. The first kappa shape index (κ1) is 29.9. The van der Waals surface area contributed by atoms with Gasteiger partial charge in [-0.1, -0.05) is 121 Å². The van der Waals surface area contributed by atoms with Gasteiger partial charge in [0.15, 0.2) is 0 Å². The first-order chi connectivity index (χ1) is 25.7. The smallest absolute Gasteiger partial charge is 0.143 e. The summed E-state index contributed by atoms with van der Waals surface area (Å²) in [5.41, 5.74) is 9.57. The van der Waals surface area contributed by atoms with E-state index in [9.17, 15) is 0 Å². The van der Waals surface area contributed by atoms with E-state index in [1.165, 1.54) is 36.9 Å². The number of hydrogen-bond acceptors (Lipinski definition) is 6. The summed E-state index contributed by atoms with van der Waals surface area (Å²) in [5.74, 6) is 0. The van der Waals surface area contributed by atoms with Gasteiger partial charge in [-0.15, -0.1) is 11.3 Å². The minimum absolute atomic E-state index is 0.0159. The third-order valence-electron chi connectivity index (χ3n) is 10.8. The van der Waals surface area contributed by atoms with Crippen LogP contribution in [0.15, 0.2) is 160 Å². The van der Waals surface area contributed by atoms with Crippen molar-refractivity contribution in [1.82, 2.24) is 15.5 Å². The van der Waals surface area contributed by atoms with Gasteiger partial charge in [-0.3, -0.25) is 15.5 Å². The molecule has 7 aromatic carbocycles. The van der Waals surface area contributed by atoms with Crippen LogP contribution in [0.25, 0.3) is 75.2 Å². The van der Waals surface area contributed by atoms with Crippen molar-refractivity contribution in [3.8, 4) is 11.1 Å². The Balaban J connectivity index is 1.02. The van der Waals surface area contributed by atoms with E-state index in [1.807, 2.05) is 29.5 Å². The van der Waals surface area contributed by atoms with Crippen molar-refractivity contribution >= 4 is 75.4 Å². The summed E-state index contributed by atoms with van der Waals surface area (Å²) >= 11 is 1.85. The lowest BCUT2D eigenvalue weighted by molar-refractivity contribution is 0.0416. The summed E-state index contributed by atoms with van der Waals surface area (Å²) < 4.78 is 15.3. The van der Waals surface area contributed by atoms with E-state index in [2.05, 4.69) is 156 Å². The first-order valence-corrected chi connectivity index (χ1v) is 18.6. The number of hydrogen-bond donors (Lipinski definition) is 2. The Bertz CT molecular complexity index is 2980. The maximum Gasteiger partial charge on any atom is 0.143 e. The summed E-state index contributed by atoms with van der Waals surface area (Å²) in [5, 5.41) is 15.0. The molecule has 3 unspecified atom stereocenters. The fourth-order valence-corrected chi connectivity index (χ4v) is 9.54. The SMILES string of the molecule is CN1C(c2ccccc2)NC(c2ccc3c(c2)sc2cccc(-c4cccc5c4oc4ccccc45)c23)NC1c1ccc2c(c1)oc1ccccc12. The average Bonchev–Trinajstić information content (AvgIpc) is 3.89. The highest BCUT2D eigenvalue weighted by atomic mass is 32.1. The molecule has 3 aromatic heterocycles. The molecule has 1 fully saturated rings. The van der Waals surface area contributed by atoms with E-state index < -0.39 is 0 Å². The quantitative estimate of drug-likeness (QED) is 0.192. The second kappa shape index (κ2) is 11.6. The molecule has 4 heterocycles. The topological polar surface area (TPSA) is 53.6 Å². The van der Waals surface area contributed by atoms with Gasteiger partial charge in [0.1, 0.15) is 22.3 Å². The molecule has 0 saturated carbocycles. The molecule has 3 atom stereocenters. The number of thiophene rings is 1.